The van der Waals surface area contributed by atoms with Crippen LogP contribution in [0.4, 0.5) is 5.69 Å². The molecule has 0 saturated carbocycles. The highest BCUT2D eigenvalue weighted by Gasteiger charge is 2.03. The zero-order chi connectivity index (χ0) is 11.1. The summed E-state index contributed by atoms with van der Waals surface area (Å²) in [5.41, 5.74) is 6.58. The minimum absolute atomic E-state index is 0.356. The number of unbranched alkanes of at least 4 members (excludes halogenated alkanes) is 1. The predicted molar refractivity (Wildman–Crippen MR) is 64.5 cm³/mol. The summed E-state index contributed by atoms with van der Waals surface area (Å²) in [7, 11) is 0. The molecule has 0 aliphatic heterocycles. The smallest absolute Gasteiger partial charge is 0.210 e. The highest BCUT2D eigenvalue weighted by Crippen LogP contribution is 2.08. The average molecular weight is 206 g/mol. The van der Waals surface area contributed by atoms with Crippen molar-refractivity contribution in [1.82, 2.24) is 0 Å². The molecule has 4 N–H and O–H groups in total. The number of anilines is 1. The third-order valence-electron chi connectivity index (χ3n) is 2.07. The Kier molecular flexibility index (Phi) is 4.63. The number of para-hydroxylation sites is 1. The van der Waals surface area contributed by atoms with Crippen molar-refractivity contribution in [1.29, 1.82) is 0 Å². The van der Waals surface area contributed by atoms with Crippen molar-refractivity contribution in [3.63, 3.8) is 0 Å². The molecule has 4 heteroatoms. The third-order valence-corrected chi connectivity index (χ3v) is 2.07. The second kappa shape index (κ2) is 6.03. The van der Waals surface area contributed by atoms with E-state index in [0.717, 1.165) is 25.1 Å². The summed E-state index contributed by atoms with van der Waals surface area (Å²) in [5.74, 6) is 6.15. The number of hydrazine groups is 1. The number of hydrogen-bond donors (Lipinski definition) is 2. The lowest BCUT2D eigenvalue weighted by atomic mass is 10.3. The van der Waals surface area contributed by atoms with E-state index in [2.05, 4.69) is 11.9 Å². The lowest BCUT2D eigenvalue weighted by Crippen LogP contribution is -2.43. The van der Waals surface area contributed by atoms with Crippen molar-refractivity contribution in [3.05, 3.63) is 30.3 Å². The van der Waals surface area contributed by atoms with Crippen LogP contribution in [0.25, 0.3) is 0 Å². The van der Waals surface area contributed by atoms with Gasteiger partial charge < -0.3 is 5.73 Å². The third kappa shape index (κ3) is 3.59. The van der Waals surface area contributed by atoms with Gasteiger partial charge in [-0.3, -0.25) is 4.99 Å². The Morgan fingerprint density at radius 3 is 2.60 bits per heavy atom. The topological polar surface area (TPSA) is 67.6 Å². The molecule has 0 aliphatic rings. The standard InChI is InChI=1S/C11H18N4/c1-2-3-9-14-11(12)15(13)10-7-5-4-6-8-10/h4-8H,2-3,9,13H2,1H3,(H2,12,14). The minimum Gasteiger partial charge on any atom is -0.368 e. The maximum absolute atomic E-state index is 5.80. The molecule has 0 fully saturated rings. The van der Waals surface area contributed by atoms with Crippen LogP contribution >= 0.6 is 0 Å². The molecular weight excluding hydrogens is 188 g/mol. The van der Waals surface area contributed by atoms with Gasteiger partial charge in [0, 0.05) is 6.54 Å². The first-order valence-electron chi connectivity index (χ1n) is 5.15. The van der Waals surface area contributed by atoms with Crippen LogP contribution in [0, 0.1) is 0 Å². The number of benzene rings is 1. The fourth-order valence-electron chi connectivity index (χ4n) is 1.15. The molecule has 0 radical (unpaired) electrons. The van der Waals surface area contributed by atoms with Crippen molar-refractivity contribution < 1.29 is 0 Å². The fourth-order valence-corrected chi connectivity index (χ4v) is 1.15. The van der Waals surface area contributed by atoms with Gasteiger partial charge in [0.2, 0.25) is 5.96 Å². The van der Waals surface area contributed by atoms with E-state index in [0.29, 0.717) is 5.96 Å². The summed E-state index contributed by atoms with van der Waals surface area (Å²) >= 11 is 0. The van der Waals surface area contributed by atoms with Crippen LogP contribution < -0.4 is 16.6 Å². The van der Waals surface area contributed by atoms with Crippen LogP contribution in [0.1, 0.15) is 19.8 Å². The second-order valence-corrected chi connectivity index (χ2v) is 3.30. The van der Waals surface area contributed by atoms with Crippen LogP contribution in [0.2, 0.25) is 0 Å². The predicted octanol–water partition coefficient (Wildman–Crippen LogP) is 1.48. The van der Waals surface area contributed by atoms with Crippen LogP contribution in [0.5, 0.6) is 0 Å². The van der Waals surface area contributed by atoms with Gasteiger partial charge in [0.05, 0.1) is 5.69 Å². The van der Waals surface area contributed by atoms with Crippen LogP contribution in [0.3, 0.4) is 0 Å². The fraction of sp³-hybridized carbons (Fsp3) is 0.364. The molecule has 0 atom stereocenters. The molecule has 0 aromatic heterocycles. The molecule has 0 spiro atoms. The van der Waals surface area contributed by atoms with Gasteiger partial charge in [-0.05, 0) is 18.6 Å². The van der Waals surface area contributed by atoms with E-state index < -0.39 is 0 Å². The van der Waals surface area contributed by atoms with E-state index in [-0.39, 0.29) is 0 Å². The number of nitrogens with two attached hydrogens (primary N) is 2. The zero-order valence-corrected chi connectivity index (χ0v) is 9.06. The monoisotopic (exact) mass is 206 g/mol. The van der Waals surface area contributed by atoms with E-state index in [1.165, 1.54) is 5.01 Å². The summed E-state index contributed by atoms with van der Waals surface area (Å²) < 4.78 is 0. The Bertz CT molecular complexity index is 308. The van der Waals surface area contributed by atoms with Gasteiger partial charge in [-0.25, -0.2) is 10.9 Å². The molecule has 1 rings (SSSR count). The summed E-state index contributed by atoms with van der Waals surface area (Å²) in [6.07, 6.45) is 2.13. The molecule has 1 aromatic rings. The molecule has 0 saturated heterocycles. The van der Waals surface area contributed by atoms with E-state index in [1.54, 1.807) is 0 Å². The van der Waals surface area contributed by atoms with Gasteiger partial charge in [0.1, 0.15) is 0 Å². The zero-order valence-electron chi connectivity index (χ0n) is 9.06. The Morgan fingerprint density at radius 1 is 1.33 bits per heavy atom. The molecule has 0 heterocycles. The summed E-state index contributed by atoms with van der Waals surface area (Å²) in [4.78, 5) is 4.19. The van der Waals surface area contributed by atoms with Crippen molar-refractivity contribution in [3.8, 4) is 0 Å². The molecule has 0 unspecified atom stereocenters. The van der Waals surface area contributed by atoms with Gasteiger partial charge in [-0.2, -0.15) is 0 Å². The maximum Gasteiger partial charge on any atom is 0.210 e. The first kappa shape index (κ1) is 11.5. The van der Waals surface area contributed by atoms with Crippen molar-refractivity contribution >= 4 is 11.6 Å². The molecule has 0 aliphatic carbocycles. The van der Waals surface area contributed by atoms with E-state index in [4.69, 9.17) is 11.6 Å². The van der Waals surface area contributed by atoms with Gasteiger partial charge in [0.15, 0.2) is 0 Å². The van der Waals surface area contributed by atoms with Gasteiger partial charge >= 0.3 is 0 Å². The van der Waals surface area contributed by atoms with Crippen molar-refractivity contribution in [2.75, 3.05) is 11.6 Å². The summed E-state index contributed by atoms with van der Waals surface area (Å²) in [6.45, 7) is 2.84. The van der Waals surface area contributed by atoms with Crippen LogP contribution in [-0.4, -0.2) is 12.5 Å². The van der Waals surface area contributed by atoms with Crippen molar-refractivity contribution in [2.45, 2.75) is 19.8 Å². The van der Waals surface area contributed by atoms with Crippen molar-refractivity contribution in [2.24, 2.45) is 16.6 Å². The molecule has 82 valence electrons. The number of nitrogens with zero attached hydrogens (tertiary/aromatic N) is 2. The Hall–Kier alpha value is -1.55. The lowest BCUT2D eigenvalue weighted by molar-refractivity contribution is 0.803. The van der Waals surface area contributed by atoms with Gasteiger partial charge in [-0.15, -0.1) is 0 Å². The Morgan fingerprint density at radius 2 is 2.00 bits per heavy atom. The van der Waals surface area contributed by atoms with Crippen LogP contribution in [-0.2, 0) is 0 Å². The SMILES string of the molecule is CCCCN=C(N)N(N)c1ccccc1. The minimum atomic E-state index is 0.356. The number of aliphatic imine (C=N–C) groups is 1. The normalized spacial score (nSPS) is 11.5. The van der Waals surface area contributed by atoms with E-state index >= 15 is 0 Å². The Balaban J connectivity index is 2.60. The second-order valence-electron chi connectivity index (χ2n) is 3.30. The highest BCUT2D eigenvalue weighted by atomic mass is 15.5. The van der Waals surface area contributed by atoms with E-state index in [9.17, 15) is 0 Å². The number of hydrogen-bond acceptors (Lipinski definition) is 2. The first-order chi connectivity index (χ1) is 7.25. The molecule has 0 bridgehead atoms. The molecule has 0 amide bonds. The molecule has 1 aromatic carbocycles. The van der Waals surface area contributed by atoms with Gasteiger partial charge in [0.25, 0.3) is 0 Å². The first-order valence-corrected chi connectivity index (χ1v) is 5.15. The average Bonchev–Trinajstić information content (AvgIpc) is 2.29. The number of rotatable bonds is 4. The molecule has 15 heavy (non-hydrogen) atoms. The van der Waals surface area contributed by atoms with Crippen LogP contribution in [0.15, 0.2) is 35.3 Å². The van der Waals surface area contributed by atoms with E-state index in [1.807, 2.05) is 30.3 Å². The Labute approximate surface area is 90.6 Å². The lowest BCUT2D eigenvalue weighted by Gasteiger charge is -2.17. The largest absolute Gasteiger partial charge is 0.368 e. The summed E-state index contributed by atoms with van der Waals surface area (Å²) in [6, 6.07) is 9.54. The molecular formula is C11H18N4. The number of guanidine groups is 1. The van der Waals surface area contributed by atoms with Gasteiger partial charge in [-0.1, -0.05) is 31.5 Å². The summed E-state index contributed by atoms with van der Waals surface area (Å²) in [5, 5.41) is 1.40. The molecule has 4 nitrogen and oxygen atoms in total. The quantitative estimate of drug-likeness (QED) is 0.258. The maximum atomic E-state index is 5.80. The highest BCUT2D eigenvalue weighted by molar-refractivity contribution is 5.93.